The second kappa shape index (κ2) is 5.18. The summed E-state index contributed by atoms with van der Waals surface area (Å²) >= 11 is 0. The smallest absolute Gasteiger partial charge is 0.275 e. The lowest BCUT2D eigenvalue weighted by atomic mass is 10.2. The molecule has 2 heterocycles. The van der Waals surface area contributed by atoms with E-state index in [1.165, 1.54) is 0 Å². The second-order valence-corrected chi connectivity index (χ2v) is 4.52. The maximum absolute atomic E-state index is 12.1. The van der Waals surface area contributed by atoms with Crippen LogP contribution in [-0.4, -0.2) is 27.0 Å². The fraction of sp³-hybridized carbons (Fsp3) is 0.143. The first-order chi connectivity index (χ1) is 9.76. The molecular formula is C14H15N5O. The second-order valence-electron chi connectivity index (χ2n) is 4.52. The van der Waals surface area contributed by atoms with Crippen molar-refractivity contribution in [3.63, 3.8) is 0 Å². The maximum Gasteiger partial charge on any atom is 0.275 e. The van der Waals surface area contributed by atoms with Crippen LogP contribution in [-0.2, 0) is 6.54 Å². The van der Waals surface area contributed by atoms with Gasteiger partial charge in [0.2, 0.25) is 0 Å². The van der Waals surface area contributed by atoms with E-state index in [9.17, 15) is 4.79 Å². The topological polar surface area (TPSA) is 88.7 Å². The molecule has 0 atom stereocenters. The molecule has 0 aliphatic heterocycles. The summed E-state index contributed by atoms with van der Waals surface area (Å²) < 4.78 is 1.80. The third-order valence-electron chi connectivity index (χ3n) is 3.06. The summed E-state index contributed by atoms with van der Waals surface area (Å²) in [6.45, 7) is 1.16. The number of carbonyl (C=O) groups is 1. The summed E-state index contributed by atoms with van der Waals surface area (Å²) in [4.78, 5) is 19.3. The Morgan fingerprint density at radius 1 is 1.40 bits per heavy atom. The molecule has 20 heavy (non-hydrogen) atoms. The summed E-state index contributed by atoms with van der Waals surface area (Å²) in [5.41, 5.74) is 7.63. The molecule has 2 aromatic heterocycles. The van der Waals surface area contributed by atoms with Crippen LogP contribution in [0.1, 0.15) is 10.5 Å². The summed E-state index contributed by atoms with van der Waals surface area (Å²) in [5, 5.41) is 3.89. The summed E-state index contributed by atoms with van der Waals surface area (Å²) in [6.07, 6.45) is 5.17. The highest BCUT2D eigenvalue weighted by atomic mass is 16.1. The maximum atomic E-state index is 12.1. The predicted molar refractivity (Wildman–Crippen MR) is 77.5 cm³/mol. The van der Waals surface area contributed by atoms with Gasteiger partial charge in [-0.1, -0.05) is 0 Å². The zero-order valence-corrected chi connectivity index (χ0v) is 10.8. The number of H-pyrrole nitrogens is 1. The number of aromatic nitrogens is 3. The lowest BCUT2D eigenvalue weighted by molar-refractivity contribution is 0.102. The number of rotatable bonds is 4. The minimum absolute atomic E-state index is 0.226. The molecule has 0 aliphatic carbocycles. The van der Waals surface area contributed by atoms with Gasteiger partial charge < -0.3 is 20.6 Å². The molecule has 3 aromatic rings. The molecule has 4 N–H and O–H groups in total. The quantitative estimate of drug-likeness (QED) is 0.671. The van der Waals surface area contributed by atoms with Crippen molar-refractivity contribution in [2.45, 2.75) is 6.54 Å². The number of aromatic amines is 1. The Balaban J connectivity index is 1.76. The molecule has 6 nitrogen and oxygen atoms in total. The fourth-order valence-corrected chi connectivity index (χ4v) is 2.07. The van der Waals surface area contributed by atoms with Gasteiger partial charge in [-0.15, -0.1) is 0 Å². The van der Waals surface area contributed by atoms with E-state index in [1.54, 1.807) is 17.1 Å². The molecule has 1 aromatic carbocycles. The molecular weight excluding hydrogens is 254 g/mol. The minimum atomic E-state index is -0.226. The van der Waals surface area contributed by atoms with Crippen molar-refractivity contribution < 1.29 is 4.79 Å². The van der Waals surface area contributed by atoms with Crippen LogP contribution in [0.2, 0.25) is 0 Å². The van der Waals surface area contributed by atoms with Crippen LogP contribution in [0.25, 0.3) is 10.9 Å². The summed E-state index contributed by atoms with van der Waals surface area (Å²) in [6, 6.07) is 7.66. The van der Waals surface area contributed by atoms with Crippen LogP contribution in [0.5, 0.6) is 0 Å². The number of nitrogens with zero attached hydrogens (tertiary/aromatic N) is 2. The highest BCUT2D eigenvalue weighted by Gasteiger charge is 2.09. The van der Waals surface area contributed by atoms with Crippen molar-refractivity contribution in [1.82, 2.24) is 14.5 Å². The minimum Gasteiger partial charge on any atom is -0.361 e. The van der Waals surface area contributed by atoms with Gasteiger partial charge in [-0.25, -0.2) is 4.98 Å². The van der Waals surface area contributed by atoms with E-state index in [4.69, 9.17) is 5.73 Å². The molecule has 0 unspecified atom stereocenters. The fourth-order valence-electron chi connectivity index (χ4n) is 2.07. The predicted octanol–water partition coefficient (Wildman–Crippen LogP) is 1.58. The van der Waals surface area contributed by atoms with Crippen LogP contribution in [0.3, 0.4) is 0 Å². The SMILES string of the molecule is NCCn1cnc(C(=O)Nc2ccc3[nH]ccc3c2)c1. The normalized spacial score (nSPS) is 10.8. The lowest BCUT2D eigenvalue weighted by Crippen LogP contribution is -2.12. The molecule has 0 aliphatic rings. The Morgan fingerprint density at radius 3 is 3.15 bits per heavy atom. The summed E-state index contributed by atoms with van der Waals surface area (Å²) in [5.74, 6) is -0.226. The van der Waals surface area contributed by atoms with E-state index in [1.807, 2.05) is 30.5 Å². The van der Waals surface area contributed by atoms with Crippen LogP contribution in [0.15, 0.2) is 43.0 Å². The van der Waals surface area contributed by atoms with Crippen LogP contribution in [0, 0.1) is 0 Å². The number of fused-ring (bicyclic) bond motifs is 1. The average molecular weight is 269 g/mol. The number of nitrogens with two attached hydrogens (primary N) is 1. The monoisotopic (exact) mass is 269 g/mol. The van der Waals surface area contributed by atoms with Crippen molar-refractivity contribution >= 4 is 22.5 Å². The molecule has 0 spiro atoms. The molecule has 0 saturated heterocycles. The van der Waals surface area contributed by atoms with Gasteiger partial charge in [-0.3, -0.25) is 4.79 Å². The van der Waals surface area contributed by atoms with E-state index in [-0.39, 0.29) is 5.91 Å². The number of hydrogen-bond donors (Lipinski definition) is 3. The highest BCUT2D eigenvalue weighted by Crippen LogP contribution is 2.18. The Bertz CT molecular complexity index is 743. The Hall–Kier alpha value is -2.60. The summed E-state index contributed by atoms with van der Waals surface area (Å²) in [7, 11) is 0. The van der Waals surface area contributed by atoms with Crippen molar-refractivity contribution in [3.8, 4) is 0 Å². The standard InChI is InChI=1S/C14H15N5O/c15-4-6-19-8-13(17-9-19)14(20)18-11-1-2-12-10(7-11)3-5-16-12/h1-3,5,7-9,16H,4,6,15H2,(H,18,20). The van der Waals surface area contributed by atoms with Crippen molar-refractivity contribution in [2.24, 2.45) is 5.73 Å². The Morgan fingerprint density at radius 2 is 2.30 bits per heavy atom. The van der Waals surface area contributed by atoms with Gasteiger partial charge in [0.25, 0.3) is 5.91 Å². The van der Waals surface area contributed by atoms with Gasteiger partial charge in [-0.2, -0.15) is 0 Å². The average Bonchev–Trinajstić information content (AvgIpc) is 3.07. The Kier molecular flexibility index (Phi) is 3.22. The van der Waals surface area contributed by atoms with E-state index < -0.39 is 0 Å². The number of imidazole rings is 1. The van der Waals surface area contributed by atoms with Crippen LogP contribution < -0.4 is 11.1 Å². The van der Waals surface area contributed by atoms with Crippen LogP contribution in [0.4, 0.5) is 5.69 Å². The molecule has 0 fully saturated rings. The van der Waals surface area contributed by atoms with Gasteiger partial charge in [-0.05, 0) is 24.3 Å². The van der Waals surface area contributed by atoms with Gasteiger partial charge in [0, 0.05) is 42.1 Å². The zero-order chi connectivity index (χ0) is 13.9. The van der Waals surface area contributed by atoms with E-state index in [0.717, 1.165) is 16.6 Å². The number of nitrogens with one attached hydrogen (secondary N) is 2. The van der Waals surface area contributed by atoms with Crippen molar-refractivity contribution in [1.29, 1.82) is 0 Å². The molecule has 0 radical (unpaired) electrons. The van der Waals surface area contributed by atoms with E-state index in [0.29, 0.717) is 18.8 Å². The van der Waals surface area contributed by atoms with Crippen molar-refractivity contribution in [2.75, 3.05) is 11.9 Å². The third-order valence-corrected chi connectivity index (χ3v) is 3.06. The zero-order valence-electron chi connectivity index (χ0n) is 10.8. The number of hydrogen-bond acceptors (Lipinski definition) is 3. The first kappa shape index (κ1) is 12.4. The third kappa shape index (κ3) is 2.41. The van der Waals surface area contributed by atoms with Gasteiger partial charge in [0.05, 0.1) is 6.33 Å². The Labute approximate surface area is 115 Å². The van der Waals surface area contributed by atoms with Gasteiger partial charge in [0.15, 0.2) is 0 Å². The van der Waals surface area contributed by atoms with Crippen LogP contribution >= 0.6 is 0 Å². The van der Waals surface area contributed by atoms with Crippen molar-refractivity contribution in [3.05, 3.63) is 48.7 Å². The number of carbonyl (C=O) groups excluding carboxylic acids is 1. The number of anilines is 1. The lowest BCUT2D eigenvalue weighted by Gasteiger charge is -2.03. The number of benzene rings is 1. The molecule has 1 amide bonds. The molecule has 0 bridgehead atoms. The van der Waals surface area contributed by atoms with Gasteiger partial charge >= 0.3 is 0 Å². The highest BCUT2D eigenvalue weighted by molar-refractivity contribution is 6.03. The first-order valence-electron chi connectivity index (χ1n) is 6.36. The van der Waals surface area contributed by atoms with Gasteiger partial charge in [0.1, 0.15) is 5.69 Å². The molecule has 3 rings (SSSR count). The molecule has 6 heteroatoms. The van der Waals surface area contributed by atoms with E-state index >= 15 is 0 Å². The number of amides is 1. The first-order valence-corrected chi connectivity index (χ1v) is 6.36. The molecule has 102 valence electrons. The largest absolute Gasteiger partial charge is 0.361 e. The van der Waals surface area contributed by atoms with E-state index in [2.05, 4.69) is 15.3 Å². The molecule has 0 saturated carbocycles.